The minimum atomic E-state index is -0.140. The zero-order valence-electron chi connectivity index (χ0n) is 12.5. The summed E-state index contributed by atoms with van der Waals surface area (Å²) in [5.74, 6) is 0. The smallest absolute Gasteiger partial charge is 0.267 e. The molecule has 112 valence electrons. The summed E-state index contributed by atoms with van der Waals surface area (Å²) < 4.78 is 1.45. The molecule has 0 atom stereocenters. The average molecular weight is 321 g/mol. The number of benzene rings is 2. The topological polar surface area (TPSA) is 34.4 Å². The Morgan fingerprint density at radius 1 is 1.04 bits per heavy atom. The van der Waals surface area contributed by atoms with E-state index in [1.54, 1.807) is 6.20 Å². The van der Waals surface area contributed by atoms with Crippen molar-refractivity contribution in [2.24, 2.45) is 0 Å². The van der Waals surface area contributed by atoms with Crippen molar-refractivity contribution < 1.29 is 0 Å². The molecular formula is C19H13ClN2O. The number of aryl methyl sites for hydroxylation is 1. The third kappa shape index (κ3) is 2.13. The van der Waals surface area contributed by atoms with Crippen molar-refractivity contribution in [3.8, 4) is 11.1 Å². The van der Waals surface area contributed by atoms with E-state index in [1.807, 2.05) is 61.5 Å². The van der Waals surface area contributed by atoms with Gasteiger partial charge in [0, 0.05) is 16.3 Å². The van der Waals surface area contributed by atoms with E-state index in [4.69, 9.17) is 11.6 Å². The molecule has 4 heteroatoms. The molecule has 2 aromatic heterocycles. The SMILES string of the molecule is Cc1cc(-c2ccccc2)c(=O)n2ncc3cccc(Cl)c3c12. The predicted octanol–water partition coefficient (Wildman–Crippen LogP) is 4.48. The van der Waals surface area contributed by atoms with Crippen LogP contribution in [0.2, 0.25) is 5.02 Å². The van der Waals surface area contributed by atoms with Gasteiger partial charge in [-0.25, -0.2) is 0 Å². The molecule has 3 nitrogen and oxygen atoms in total. The second-order valence-electron chi connectivity index (χ2n) is 5.52. The first-order valence-corrected chi connectivity index (χ1v) is 7.70. The van der Waals surface area contributed by atoms with Crippen molar-refractivity contribution in [1.82, 2.24) is 9.61 Å². The fourth-order valence-corrected chi connectivity index (χ4v) is 3.26. The molecule has 0 unspecified atom stereocenters. The first-order valence-electron chi connectivity index (χ1n) is 7.32. The second kappa shape index (κ2) is 5.21. The van der Waals surface area contributed by atoms with Crippen molar-refractivity contribution in [3.63, 3.8) is 0 Å². The molecule has 2 aromatic carbocycles. The maximum atomic E-state index is 12.9. The monoisotopic (exact) mass is 320 g/mol. The number of aromatic nitrogens is 2. The lowest BCUT2D eigenvalue weighted by Crippen LogP contribution is -2.19. The molecular weight excluding hydrogens is 308 g/mol. The number of hydrogen-bond acceptors (Lipinski definition) is 2. The van der Waals surface area contributed by atoms with Crippen LogP contribution >= 0.6 is 11.6 Å². The Labute approximate surface area is 137 Å². The van der Waals surface area contributed by atoms with E-state index in [1.165, 1.54) is 4.52 Å². The summed E-state index contributed by atoms with van der Waals surface area (Å²) in [6.45, 7) is 1.98. The highest BCUT2D eigenvalue weighted by Gasteiger charge is 2.13. The fraction of sp³-hybridized carbons (Fsp3) is 0.0526. The zero-order chi connectivity index (χ0) is 16.0. The van der Waals surface area contributed by atoms with Crippen molar-refractivity contribution in [1.29, 1.82) is 0 Å². The molecule has 0 N–H and O–H groups in total. The molecule has 0 aliphatic rings. The number of rotatable bonds is 1. The van der Waals surface area contributed by atoms with Gasteiger partial charge in [-0.15, -0.1) is 0 Å². The first kappa shape index (κ1) is 14.0. The largest absolute Gasteiger partial charge is 0.279 e. The van der Waals surface area contributed by atoms with E-state index in [0.717, 1.165) is 27.4 Å². The number of fused-ring (bicyclic) bond motifs is 3. The summed E-state index contributed by atoms with van der Waals surface area (Å²) in [5.41, 5.74) is 3.11. The number of hydrogen-bond donors (Lipinski definition) is 0. The van der Waals surface area contributed by atoms with Gasteiger partial charge in [0.25, 0.3) is 5.56 Å². The summed E-state index contributed by atoms with van der Waals surface area (Å²) >= 11 is 6.37. The van der Waals surface area contributed by atoms with Gasteiger partial charge < -0.3 is 0 Å². The Morgan fingerprint density at radius 3 is 2.61 bits per heavy atom. The van der Waals surface area contributed by atoms with E-state index in [9.17, 15) is 4.79 Å². The highest BCUT2D eigenvalue weighted by Crippen LogP contribution is 2.29. The average Bonchev–Trinajstić information content (AvgIpc) is 2.58. The molecule has 0 fully saturated rings. The lowest BCUT2D eigenvalue weighted by molar-refractivity contribution is 0.895. The van der Waals surface area contributed by atoms with Gasteiger partial charge in [-0.05, 0) is 30.2 Å². The van der Waals surface area contributed by atoms with E-state index >= 15 is 0 Å². The molecule has 0 saturated heterocycles. The van der Waals surface area contributed by atoms with Gasteiger partial charge in [0.1, 0.15) is 0 Å². The van der Waals surface area contributed by atoms with Crippen LogP contribution in [-0.2, 0) is 0 Å². The Kier molecular flexibility index (Phi) is 3.17. The van der Waals surface area contributed by atoms with Crippen molar-refractivity contribution in [2.45, 2.75) is 6.92 Å². The van der Waals surface area contributed by atoms with Gasteiger partial charge in [0.05, 0.1) is 16.7 Å². The summed E-state index contributed by atoms with van der Waals surface area (Å²) in [7, 11) is 0. The van der Waals surface area contributed by atoms with E-state index in [0.29, 0.717) is 10.6 Å². The van der Waals surface area contributed by atoms with Crippen LogP contribution in [0.5, 0.6) is 0 Å². The molecule has 4 aromatic rings. The van der Waals surface area contributed by atoms with Gasteiger partial charge in [-0.2, -0.15) is 9.61 Å². The molecule has 0 amide bonds. The predicted molar refractivity (Wildman–Crippen MR) is 94.2 cm³/mol. The molecule has 0 bridgehead atoms. The Hall–Kier alpha value is -2.65. The maximum Gasteiger partial charge on any atom is 0.279 e. The number of pyridine rings is 1. The lowest BCUT2D eigenvalue weighted by atomic mass is 10.0. The van der Waals surface area contributed by atoms with Crippen molar-refractivity contribution >= 4 is 27.9 Å². The van der Waals surface area contributed by atoms with Gasteiger partial charge >= 0.3 is 0 Å². The third-order valence-electron chi connectivity index (χ3n) is 4.05. The molecule has 0 aliphatic carbocycles. The highest BCUT2D eigenvalue weighted by atomic mass is 35.5. The molecule has 0 saturated carbocycles. The standard InChI is InChI=1S/C19H13ClN2O/c1-12-10-15(13-6-3-2-4-7-13)19(23)22-18(12)17-14(11-21-22)8-5-9-16(17)20/h2-11H,1H3. The van der Waals surface area contributed by atoms with E-state index in [-0.39, 0.29) is 5.56 Å². The van der Waals surface area contributed by atoms with Crippen LogP contribution in [-0.4, -0.2) is 9.61 Å². The van der Waals surface area contributed by atoms with Crippen LogP contribution in [0, 0.1) is 6.92 Å². The van der Waals surface area contributed by atoms with Crippen LogP contribution in [0.4, 0.5) is 0 Å². The lowest BCUT2D eigenvalue weighted by Gasteiger charge is -2.11. The summed E-state index contributed by atoms with van der Waals surface area (Å²) in [4.78, 5) is 12.9. The normalized spacial score (nSPS) is 11.2. The molecule has 23 heavy (non-hydrogen) atoms. The minimum Gasteiger partial charge on any atom is -0.267 e. The first-order chi connectivity index (χ1) is 11.2. The second-order valence-corrected chi connectivity index (χ2v) is 5.93. The molecule has 0 spiro atoms. The summed E-state index contributed by atoms with van der Waals surface area (Å²) in [6.07, 6.45) is 1.68. The van der Waals surface area contributed by atoms with E-state index in [2.05, 4.69) is 5.10 Å². The van der Waals surface area contributed by atoms with E-state index < -0.39 is 0 Å². The highest BCUT2D eigenvalue weighted by molar-refractivity contribution is 6.37. The third-order valence-corrected chi connectivity index (χ3v) is 4.36. The fourth-order valence-electron chi connectivity index (χ4n) is 2.99. The number of nitrogens with zero attached hydrogens (tertiary/aromatic N) is 2. The molecule has 2 heterocycles. The van der Waals surface area contributed by atoms with Gasteiger partial charge in [0.2, 0.25) is 0 Å². The van der Waals surface area contributed by atoms with Crippen LogP contribution in [0.3, 0.4) is 0 Å². The summed E-state index contributed by atoms with van der Waals surface area (Å²) in [6, 6.07) is 17.2. The van der Waals surface area contributed by atoms with Gasteiger partial charge in [-0.3, -0.25) is 4.79 Å². The van der Waals surface area contributed by atoms with Gasteiger partial charge in [-0.1, -0.05) is 54.1 Å². The quantitative estimate of drug-likeness (QED) is 0.485. The molecule has 0 radical (unpaired) electrons. The van der Waals surface area contributed by atoms with Crippen LogP contribution in [0.25, 0.3) is 27.4 Å². The molecule has 0 aliphatic heterocycles. The Bertz CT molecular complexity index is 1100. The Morgan fingerprint density at radius 2 is 1.83 bits per heavy atom. The van der Waals surface area contributed by atoms with Gasteiger partial charge in [0.15, 0.2) is 0 Å². The van der Waals surface area contributed by atoms with Crippen LogP contribution in [0.15, 0.2) is 65.6 Å². The van der Waals surface area contributed by atoms with Crippen molar-refractivity contribution in [2.75, 3.05) is 0 Å². The zero-order valence-corrected chi connectivity index (χ0v) is 13.2. The Balaban J connectivity index is 2.18. The summed E-state index contributed by atoms with van der Waals surface area (Å²) in [5, 5.41) is 6.75. The maximum absolute atomic E-state index is 12.9. The van der Waals surface area contributed by atoms with Crippen molar-refractivity contribution in [3.05, 3.63) is 81.7 Å². The van der Waals surface area contributed by atoms with Crippen LogP contribution in [0.1, 0.15) is 5.56 Å². The molecule has 4 rings (SSSR count). The number of halogens is 1. The van der Waals surface area contributed by atoms with Crippen LogP contribution < -0.4 is 5.56 Å². The minimum absolute atomic E-state index is 0.140.